The molecule has 0 aliphatic carbocycles. The van der Waals surface area contributed by atoms with Gasteiger partial charge in [-0.1, -0.05) is 30.0 Å². The molecule has 0 radical (unpaired) electrons. The summed E-state index contributed by atoms with van der Waals surface area (Å²) in [4.78, 5) is 25.6. The SMILES string of the molecule is COc1cc(NC(=O)C2CCCN(c3nccnc3Sc3ccccc3)C2)cc(OC)c1OC. The number of nitrogens with zero attached hydrogens (tertiary/aromatic N) is 3. The normalized spacial score (nSPS) is 15.5. The lowest BCUT2D eigenvalue weighted by molar-refractivity contribution is -0.120. The Morgan fingerprint density at radius 2 is 1.74 bits per heavy atom. The summed E-state index contributed by atoms with van der Waals surface area (Å²) in [5.41, 5.74) is 0.594. The predicted molar refractivity (Wildman–Crippen MR) is 132 cm³/mol. The number of amides is 1. The van der Waals surface area contributed by atoms with E-state index in [4.69, 9.17) is 14.2 Å². The molecule has 2 aromatic carbocycles. The van der Waals surface area contributed by atoms with E-state index in [0.29, 0.717) is 29.5 Å². The van der Waals surface area contributed by atoms with Gasteiger partial charge in [-0.2, -0.15) is 0 Å². The van der Waals surface area contributed by atoms with Crippen LogP contribution in [0.25, 0.3) is 0 Å². The lowest BCUT2D eigenvalue weighted by Gasteiger charge is -2.33. The number of carbonyl (C=O) groups is 1. The van der Waals surface area contributed by atoms with Crippen molar-refractivity contribution in [2.24, 2.45) is 5.92 Å². The number of anilines is 2. The van der Waals surface area contributed by atoms with Crippen molar-refractivity contribution in [2.45, 2.75) is 22.8 Å². The van der Waals surface area contributed by atoms with Crippen molar-refractivity contribution >= 4 is 29.2 Å². The van der Waals surface area contributed by atoms with Gasteiger partial charge in [0.2, 0.25) is 11.7 Å². The summed E-state index contributed by atoms with van der Waals surface area (Å²) in [6.07, 6.45) is 5.09. The van der Waals surface area contributed by atoms with Crippen LogP contribution in [0.15, 0.2) is 64.8 Å². The zero-order valence-corrected chi connectivity index (χ0v) is 20.3. The molecule has 0 saturated carbocycles. The average Bonchev–Trinajstić information content (AvgIpc) is 2.89. The van der Waals surface area contributed by atoms with Crippen LogP contribution in [0.3, 0.4) is 0 Å². The maximum Gasteiger partial charge on any atom is 0.229 e. The van der Waals surface area contributed by atoms with E-state index >= 15 is 0 Å². The quantitative estimate of drug-likeness (QED) is 0.504. The van der Waals surface area contributed by atoms with Gasteiger partial charge in [0.25, 0.3) is 0 Å². The number of hydrogen-bond acceptors (Lipinski definition) is 8. The minimum atomic E-state index is -0.190. The lowest BCUT2D eigenvalue weighted by Crippen LogP contribution is -2.41. The van der Waals surface area contributed by atoms with Crippen LogP contribution in [0, 0.1) is 5.92 Å². The fourth-order valence-electron chi connectivity index (χ4n) is 3.99. The highest BCUT2D eigenvalue weighted by molar-refractivity contribution is 7.99. The number of hydrogen-bond donors (Lipinski definition) is 1. The molecule has 2 heterocycles. The van der Waals surface area contributed by atoms with Gasteiger partial charge in [0.1, 0.15) is 5.03 Å². The van der Waals surface area contributed by atoms with E-state index in [1.807, 2.05) is 30.3 Å². The van der Waals surface area contributed by atoms with E-state index in [0.717, 1.165) is 35.1 Å². The van der Waals surface area contributed by atoms with E-state index < -0.39 is 0 Å². The molecule has 0 spiro atoms. The fourth-order valence-corrected chi connectivity index (χ4v) is 4.89. The van der Waals surface area contributed by atoms with Gasteiger partial charge in [0.05, 0.1) is 27.2 Å². The summed E-state index contributed by atoms with van der Waals surface area (Å²) in [5.74, 6) is 2.03. The van der Waals surface area contributed by atoms with Gasteiger partial charge in [0, 0.05) is 48.2 Å². The Bertz CT molecular complexity index is 1100. The number of piperidine rings is 1. The van der Waals surface area contributed by atoms with Crippen LogP contribution < -0.4 is 24.4 Å². The zero-order valence-electron chi connectivity index (χ0n) is 19.5. The van der Waals surface area contributed by atoms with E-state index in [2.05, 4.69) is 20.2 Å². The van der Waals surface area contributed by atoms with Crippen LogP contribution in [-0.4, -0.2) is 50.3 Å². The van der Waals surface area contributed by atoms with Gasteiger partial charge in [-0.3, -0.25) is 4.79 Å². The molecule has 1 aromatic heterocycles. The second-order valence-electron chi connectivity index (χ2n) is 7.79. The Labute approximate surface area is 203 Å². The Hall–Kier alpha value is -3.46. The molecule has 34 heavy (non-hydrogen) atoms. The third-order valence-electron chi connectivity index (χ3n) is 5.63. The van der Waals surface area contributed by atoms with E-state index in [9.17, 15) is 4.79 Å². The highest BCUT2D eigenvalue weighted by Gasteiger charge is 2.28. The van der Waals surface area contributed by atoms with Crippen molar-refractivity contribution < 1.29 is 19.0 Å². The number of ether oxygens (including phenoxy) is 3. The Kier molecular flexibility index (Phi) is 7.74. The average molecular weight is 481 g/mol. The minimum Gasteiger partial charge on any atom is -0.493 e. The van der Waals surface area contributed by atoms with Crippen LogP contribution >= 0.6 is 11.8 Å². The number of rotatable bonds is 8. The van der Waals surface area contributed by atoms with Gasteiger partial charge >= 0.3 is 0 Å². The summed E-state index contributed by atoms with van der Waals surface area (Å²) >= 11 is 1.58. The maximum absolute atomic E-state index is 13.2. The highest BCUT2D eigenvalue weighted by atomic mass is 32.2. The number of methoxy groups -OCH3 is 3. The Morgan fingerprint density at radius 3 is 2.41 bits per heavy atom. The summed E-state index contributed by atoms with van der Waals surface area (Å²) in [6.45, 7) is 1.40. The van der Waals surface area contributed by atoms with Gasteiger partial charge in [0.15, 0.2) is 17.3 Å². The number of benzene rings is 2. The first-order valence-corrected chi connectivity index (χ1v) is 11.8. The second-order valence-corrected chi connectivity index (χ2v) is 8.85. The fraction of sp³-hybridized carbons (Fsp3) is 0.320. The summed E-state index contributed by atoms with van der Waals surface area (Å²) in [7, 11) is 4.65. The minimum absolute atomic E-state index is 0.0554. The van der Waals surface area contributed by atoms with Gasteiger partial charge in [-0.15, -0.1) is 0 Å². The third-order valence-corrected chi connectivity index (χ3v) is 6.62. The monoisotopic (exact) mass is 480 g/mol. The molecule has 9 heteroatoms. The molecule has 1 fully saturated rings. The van der Waals surface area contributed by atoms with Crippen molar-refractivity contribution in [2.75, 3.05) is 44.6 Å². The Balaban J connectivity index is 1.49. The zero-order chi connectivity index (χ0) is 23.9. The predicted octanol–water partition coefficient (Wildman–Crippen LogP) is 4.51. The second kappa shape index (κ2) is 11.1. The smallest absolute Gasteiger partial charge is 0.229 e. The number of carbonyl (C=O) groups excluding carboxylic acids is 1. The molecule has 1 atom stereocenters. The largest absolute Gasteiger partial charge is 0.493 e. The van der Waals surface area contributed by atoms with E-state index in [1.165, 1.54) is 0 Å². The number of nitrogens with one attached hydrogen (secondary N) is 1. The van der Waals surface area contributed by atoms with Gasteiger partial charge in [-0.25, -0.2) is 9.97 Å². The van der Waals surface area contributed by atoms with E-state index in [-0.39, 0.29) is 11.8 Å². The van der Waals surface area contributed by atoms with Crippen molar-refractivity contribution in [3.05, 3.63) is 54.9 Å². The van der Waals surface area contributed by atoms with Crippen molar-refractivity contribution in [1.82, 2.24) is 9.97 Å². The molecule has 178 valence electrons. The van der Waals surface area contributed by atoms with Crippen LogP contribution in [0.4, 0.5) is 11.5 Å². The Morgan fingerprint density at radius 1 is 1.03 bits per heavy atom. The molecule has 8 nitrogen and oxygen atoms in total. The lowest BCUT2D eigenvalue weighted by atomic mass is 9.97. The standard InChI is InChI=1S/C25H28N4O4S/c1-31-20-14-18(15-21(32-2)22(20)33-3)28-24(30)17-8-7-13-29(16-17)23-25(27-12-11-26-23)34-19-9-5-4-6-10-19/h4-6,9-12,14-15,17H,7-8,13,16H2,1-3H3,(H,28,30). The third kappa shape index (κ3) is 5.36. The van der Waals surface area contributed by atoms with Crippen molar-refractivity contribution in [3.8, 4) is 17.2 Å². The van der Waals surface area contributed by atoms with Gasteiger partial charge < -0.3 is 24.4 Å². The van der Waals surface area contributed by atoms with Crippen LogP contribution in [0.2, 0.25) is 0 Å². The molecule has 1 amide bonds. The first-order valence-electron chi connectivity index (χ1n) is 11.0. The number of aromatic nitrogens is 2. The first-order chi connectivity index (χ1) is 16.6. The molecule has 3 aromatic rings. The summed E-state index contributed by atoms with van der Waals surface area (Å²) in [5, 5.41) is 3.85. The maximum atomic E-state index is 13.2. The molecular weight excluding hydrogens is 452 g/mol. The molecule has 1 aliphatic rings. The topological polar surface area (TPSA) is 85.8 Å². The molecular formula is C25H28N4O4S. The molecule has 4 rings (SSSR count). The van der Waals surface area contributed by atoms with Crippen molar-refractivity contribution in [3.63, 3.8) is 0 Å². The van der Waals surface area contributed by atoms with Crippen LogP contribution in [0.5, 0.6) is 17.2 Å². The van der Waals surface area contributed by atoms with E-state index in [1.54, 1.807) is 57.6 Å². The van der Waals surface area contributed by atoms with Crippen LogP contribution in [0.1, 0.15) is 12.8 Å². The molecule has 1 N–H and O–H groups in total. The molecule has 1 aliphatic heterocycles. The summed E-state index contributed by atoms with van der Waals surface area (Å²) in [6, 6.07) is 13.6. The molecule has 1 unspecified atom stereocenters. The van der Waals surface area contributed by atoms with Crippen LogP contribution in [-0.2, 0) is 4.79 Å². The first kappa shape index (κ1) is 23.7. The van der Waals surface area contributed by atoms with Gasteiger partial charge in [-0.05, 0) is 25.0 Å². The highest BCUT2D eigenvalue weighted by Crippen LogP contribution is 2.40. The molecule has 0 bridgehead atoms. The summed E-state index contributed by atoms with van der Waals surface area (Å²) < 4.78 is 16.2. The molecule has 1 saturated heterocycles. The van der Waals surface area contributed by atoms with Crippen molar-refractivity contribution in [1.29, 1.82) is 0 Å².